The van der Waals surface area contributed by atoms with Gasteiger partial charge in [-0.3, -0.25) is 14.4 Å². The number of ketones is 2. The molecule has 0 saturated heterocycles. The molecule has 4 nitrogen and oxygen atoms in total. The number of esters is 1. The molecule has 1 unspecified atom stereocenters. The molecular weight excluding hydrogens is 244 g/mol. The topological polar surface area (TPSA) is 60.4 Å². The molecule has 0 saturated carbocycles. The maximum atomic E-state index is 12.0. The largest absolute Gasteiger partial charge is 0.468 e. The molecule has 0 fully saturated rings. The molecule has 0 bridgehead atoms. The molecule has 0 N–H and O–H groups in total. The van der Waals surface area contributed by atoms with Crippen LogP contribution in [0.25, 0.3) is 0 Å². The van der Waals surface area contributed by atoms with Crippen LogP contribution in [0, 0.1) is 5.92 Å². The van der Waals surface area contributed by atoms with Gasteiger partial charge in [-0.15, -0.1) is 0 Å². The van der Waals surface area contributed by atoms with E-state index in [1.165, 1.54) is 12.1 Å². The Labute approximate surface area is 104 Å². The fourth-order valence-corrected chi connectivity index (χ4v) is 1.62. The molecule has 5 heteroatoms. The fourth-order valence-electron chi connectivity index (χ4n) is 1.39. The highest BCUT2D eigenvalue weighted by molar-refractivity contribution is 6.35. The first-order valence-corrected chi connectivity index (χ1v) is 5.24. The fraction of sp³-hybridized carbons (Fsp3) is 0.250. The van der Waals surface area contributed by atoms with E-state index < -0.39 is 23.5 Å². The van der Waals surface area contributed by atoms with Gasteiger partial charge in [0.15, 0.2) is 17.5 Å². The van der Waals surface area contributed by atoms with Gasteiger partial charge >= 0.3 is 5.97 Å². The van der Waals surface area contributed by atoms with Gasteiger partial charge in [-0.2, -0.15) is 0 Å². The van der Waals surface area contributed by atoms with Crippen LogP contribution in [-0.4, -0.2) is 24.6 Å². The predicted octanol–water partition coefficient (Wildman–Crippen LogP) is 1.90. The van der Waals surface area contributed by atoms with Crippen molar-refractivity contribution in [3.8, 4) is 0 Å². The summed E-state index contributed by atoms with van der Waals surface area (Å²) in [7, 11) is 1.12. The van der Waals surface area contributed by atoms with E-state index in [2.05, 4.69) is 4.74 Å². The second-order valence-corrected chi connectivity index (χ2v) is 3.82. The normalized spacial score (nSPS) is 11.7. The molecule has 90 valence electrons. The zero-order chi connectivity index (χ0) is 13.0. The van der Waals surface area contributed by atoms with Crippen LogP contribution in [0.1, 0.15) is 17.3 Å². The second kappa shape index (κ2) is 5.59. The summed E-state index contributed by atoms with van der Waals surface area (Å²) in [4.78, 5) is 34.7. The summed E-state index contributed by atoms with van der Waals surface area (Å²) in [6.45, 7) is 1.16. The summed E-state index contributed by atoms with van der Waals surface area (Å²) in [5.41, 5.74) is 0.139. The number of hydrogen-bond donors (Lipinski definition) is 0. The number of Topliss-reactive ketones (excluding diaryl/α,β-unsaturated/α-hetero) is 2. The van der Waals surface area contributed by atoms with Crippen molar-refractivity contribution in [3.63, 3.8) is 0 Å². The van der Waals surface area contributed by atoms with Crippen molar-refractivity contribution < 1.29 is 19.1 Å². The van der Waals surface area contributed by atoms with Crippen molar-refractivity contribution in [3.05, 3.63) is 34.9 Å². The third-order valence-electron chi connectivity index (χ3n) is 2.24. The lowest BCUT2D eigenvalue weighted by Gasteiger charge is -2.11. The van der Waals surface area contributed by atoms with Crippen LogP contribution in [0.3, 0.4) is 0 Å². The number of carbonyl (C=O) groups excluding carboxylic acids is 3. The van der Waals surface area contributed by atoms with Crippen LogP contribution in [0.15, 0.2) is 24.3 Å². The Hall–Kier alpha value is -1.68. The van der Waals surface area contributed by atoms with E-state index in [1.54, 1.807) is 12.1 Å². The molecule has 1 aromatic rings. The van der Waals surface area contributed by atoms with Gasteiger partial charge in [-0.25, -0.2) is 0 Å². The Morgan fingerprint density at radius 2 is 1.82 bits per heavy atom. The average molecular weight is 255 g/mol. The molecule has 1 rings (SSSR count). The number of hydrogen-bond acceptors (Lipinski definition) is 4. The lowest BCUT2D eigenvalue weighted by atomic mass is 9.94. The molecule has 0 radical (unpaired) electrons. The highest BCUT2D eigenvalue weighted by Crippen LogP contribution is 2.20. The molecule has 0 spiro atoms. The third kappa shape index (κ3) is 2.91. The average Bonchev–Trinajstić information content (AvgIpc) is 2.28. The molecule has 0 aromatic heterocycles. The highest BCUT2D eigenvalue weighted by atomic mass is 35.5. The second-order valence-electron chi connectivity index (χ2n) is 3.41. The van der Waals surface area contributed by atoms with Gasteiger partial charge in [-0.05, 0) is 19.1 Å². The zero-order valence-electron chi connectivity index (χ0n) is 9.40. The first kappa shape index (κ1) is 13.4. The van der Waals surface area contributed by atoms with Crippen molar-refractivity contribution in [2.75, 3.05) is 7.11 Å². The Balaban J connectivity index is 3.14. The molecular formula is C12H11ClO4. The maximum absolute atomic E-state index is 12.0. The van der Waals surface area contributed by atoms with Gasteiger partial charge in [0, 0.05) is 5.56 Å². The molecule has 0 aliphatic heterocycles. The standard InChI is InChI=1S/C12H11ClO4/c1-7(14)10(12(16)17-2)11(15)8-5-3-4-6-9(8)13/h3-6,10H,1-2H3. The molecule has 0 aliphatic carbocycles. The van der Waals surface area contributed by atoms with Gasteiger partial charge in [-0.1, -0.05) is 23.7 Å². The van der Waals surface area contributed by atoms with Crippen molar-refractivity contribution in [1.29, 1.82) is 0 Å². The quantitative estimate of drug-likeness (QED) is 0.468. The smallest absolute Gasteiger partial charge is 0.324 e. The maximum Gasteiger partial charge on any atom is 0.324 e. The van der Waals surface area contributed by atoms with Crippen molar-refractivity contribution in [2.24, 2.45) is 5.92 Å². The minimum Gasteiger partial charge on any atom is -0.468 e. The number of methoxy groups -OCH3 is 1. The van der Waals surface area contributed by atoms with Crippen molar-refractivity contribution >= 4 is 29.1 Å². The van der Waals surface area contributed by atoms with Crippen LogP contribution in [-0.2, 0) is 14.3 Å². The summed E-state index contributed by atoms with van der Waals surface area (Å²) in [5.74, 6) is -3.53. The van der Waals surface area contributed by atoms with Gasteiger partial charge in [0.1, 0.15) is 0 Å². The zero-order valence-corrected chi connectivity index (χ0v) is 10.2. The van der Waals surface area contributed by atoms with Gasteiger partial charge < -0.3 is 4.74 Å². The highest BCUT2D eigenvalue weighted by Gasteiger charge is 2.33. The summed E-state index contributed by atoms with van der Waals surface area (Å²) in [5, 5.41) is 0.202. The van der Waals surface area contributed by atoms with Crippen LogP contribution in [0.4, 0.5) is 0 Å². The SMILES string of the molecule is COC(=O)C(C(C)=O)C(=O)c1ccccc1Cl. The van der Waals surface area contributed by atoms with E-state index in [-0.39, 0.29) is 10.6 Å². The van der Waals surface area contributed by atoms with Crippen LogP contribution < -0.4 is 0 Å². The number of ether oxygens (including phenoxy) is 1. The van der Waals surface area contributed by atoms with Crippen LogP contribution in [0.5, 0.6) is 0 Å². The Kier molecular flexibility index (Phi) is 4.40. The van der Waals surface area contributed by atoms with Crippen molar-refractivity contribution in [2.45, 2.75) is 6.92 Å². The molecule has 0 amide bonds. The minimum atomic E-state index is -1.44. The first-order valence-electron chi connectivity index (χ1n) is 4.86. The molecule has 17 heavy (non-hydrogen) atoms. The van der Waals surface area contributed by atoms with Gasteiger partial charge in [0.05, 0.1) is 12.1 Å². The van der Waals surface area contributed by atoms with Crippen molar-refractivity contribution in [1.82, 2.24) is 0 Å². The van der Waals surface area contributed by atoms with E-state index in [9.17, 15) is 14.4 Å². The minimum absolute atomic E-state index is 0.139. The lowest BCUT2D eigenvalue weighted by molar-refractivity contribution is -0.146. The number of rotatable bonds is 4. The predicted molar refractivity (Wildman–Crippen MR) is 62.0 cm³/mol. The summed E-state index contributed by atoms with van der Waals surface area (Å²) in [6.07, 6.45) is 0. The summed E-state index contributed by atoms with van der Waals surface area (Å²) in [6, 6.07) is 6.24. The van der Waals surface area contributed by atoms with Gasteiger partial charge in [0.25, 0.3) is 0 Å². The van der Waals surface area contributed by atoms with Crippen LogP contribution >= 0.6 is 11.6 Å². The number of halogens is 1. The Morgan fingerprint density at radius 1 is 1.24 bits per heavy atom. The summed E-state index contributed by atoms with van der Waals surface area (Å²) < 4.78 is 4.43. The molecule has 0 aliphatic rings. The molecule has 0 heterocycles. The van der Waals surface area contributed by atoms with E-state index in [0.29, 0.717) is 0 Å². The molecule has 1 atom stereocenters. The van der Waals surface area contributed by atoms with E-state index in [0.717, 1.165) is 14.0 Å². The monoisotopic (exact) mass is 254 g/mol. The Bertz CT molecular complexity index is 467. The Morgan fingerprint density at radius 3 is 2.29 bits per heavy atom. The van der Waals surface area contributed by atoms with E-state index >= 15 is 0 Å². The third-order valence-corrected chi connectivity index (χ3v) is 2.57. The molecule has 1 aromatic carbocycles. The number of benzene rings is 1. The number of carbonyl (C=O) groups is 3. The van der Waals surface area contributed by atoms with Crippen LogP contribution in [0.2, 0.25) is 5.02 Å². The summed E-state index contributed by atoms with van der Waals surface area (Å²) >= 11 is 5.83. The van der Waals surface area contributed by atoms with E-state index in [4.69, 9.17) is 11.6 Å². The first-order chi connectivity index (χ1) is 7.99. The lowest BCUT2D eigenvalue weighted by Crippen LogP contribution is -2.31. The van der Waals surface area contributed by atoms with E-state index in [1.807, 2.05) is 0 Å². The van der Waals surface area contributed by atoms with Gasteiger partial charge in [0.2, 0.25) is 0 Å².